The lowest BCUT2D eigenvalue weighted by molar-refractivity contribution is -0.120. The average Bonchev–Trinajstić information content (AvgIpc) is 2.62. The maximum atomic E-state index is 12.8. The molecule has 0 bridgehead atoms. The van der Waals surface area contributed by atoms with Crippen LogP contribution in [0.5, 0.6) is 5.75 Å². The summed E-state index contributed by atoms with van der Waals surface area (Å²) in [5.41, 5.74) is -4.91. The molecule has 1 amide bonds. The molecule has 0 radical (unpaired) electrons. The number of rotatable bonds is 10. The lowest BCUT2D eigenvalue weighted by atomic mass is 10.2. The number of nitrogens with zero attached hydrogens (tertiary/aromatic N) is 1. The van der Waals surface area contributed by atoms with Crippen molar-refractivity contribution in [2.24, 2.45) is 0 Å². The summed E-state index contributed by atoms with van der Waals surface area (Å²) in [6.07, 6.45) is 0.300. The van der Waals surface area contributed by atoms with Gasteiger partial charge in [-0.15, -0.1) is 0 Å². The van der Waals surface area contributed by atoms with E-state index in [0.29, 0.717) is 17.0 Å². The number of carbonyl (C=O) groups is 1. The van der Waals surface area contributed by atoms with Gasteiger partial charge in [-0.1, -0.05) is 18.5 Å². The van der Waals surface area contributed by atoms with E-state index in [1.54, 1.807) is 6.92 Å². The first-order chi connectivity index (χ1) is 12.9. The molecular weight excluding hydrogens is 425 g/mol. The van der Waals surface area contributed by atoms with E-state index in [-0.39, 0.29) is 29.1 Å². The smallest absolute Gasteiger partial charge is 0.492 e. The van der Waals surface area contributed by atoms with Gasteiger partial charge in [0.1, 0.15) is 19.1 Å². The maximum absolute atomic E-state index is 12.8. The van der Waals surface area contributed by atoms with Crippen molar-refractivity contribution in [1.82, 2.24) is 9.62 Å². The summed E-state index contributed by atoms with van der Waals surface area (Å²) in [5.74, 6) is 0.0855. The van der Waals surface area contributed by atoms with Crippen LogP contribution in [-0.4, -0.2) is 50.6 Å². The molecule has 0 aromatic heterocycles. The predicted octanol–water partition coefficient (Wildman–Crippen LogP) is 2.89. The van der Waals surface area contributed by atoms with Gasteiger partial charge < -0.3 is 14.8 Å². The number of hydrogen-bond donors (Lipinski definition) is 1. The zero-order valence-corrected chi connectivity index (χ0v) is 17.1. The molecule has 1 rings (SSSR count). The highest BCUT2D eigenvalue weighted by molar-refractivity contribution is 7.90. The Labute approximate surface area is 166 Å². The number of amides is 1. The molecule has 0 saturated carbocycles. The number of benzene rings is 1. The Morgan fingerprint density at radius 2 is 2.00 bits per heavy atom. The van der Waals surface area contributed by atoms with Gasteiger partial charge in [-0.2, -0.15) is 17.5 Å². The Bertz CT molecular complexity index is 774. The fourth-order valence-electron chi connectivity index (χ4n) is 2.09. The van der Waals surface area contributed by atoms with Crippen LogP contribution < -0.4 is 10.1 Å². The lowest BCUT2D eigenvalue weighted by Crippen LogP contribution is -2.48. The van der Waals surface area contributed by atoms with Crippen molar-refractivity contribution in [2.75, 3.05) is 20.4 Å². The molecule has 160 valence electrons. The van der Waals surface area contributed by atoms with Crippen LogP contribution in [0.2, 0.25) is 5.02 Å². The highest BCUT2D eigenvalue weighted by Crippen LogP contribution is 2.28. The second-order valence-corrected chi connectivity index (χ2v) is 8.09. The third-order valence-corrected chi connectivity index (χ3v) is 5.69. The monoisotopic (exact) mass is 446 g/mol. The van der Waals surface area contributed by atoms with E-state index in [4.69, 9.17) is 16.3 Å². The first-order valence-corrected chi connectivity index (χ1v) is 10.0. The van der Waals surface area contributed by atoms with Crippen molar-refractivity contribution in [1.29, 1.82) is 0 Å². The number of alkyl halides is 3. The quantitative estimate of drug-likeness (QED) is 0.559. The van der Waals surface area contributed by atoms with Crippen molar-refractivity contribution < 1.29 is 35.9 Å². The number of carbonyl (C=O) groups excluding carboxylic acids is 1. The summed E-state index contributed by atoms with van der Waals surface area (Å²) in [6.45, 7) is 1.97. The first kappa shape index (κ1) is 24.5. The predicted molar refractivity (Wildman–Crippen MR) is 97.2 cm³/mol. The summed E-state index contributed by atoms with van der Waals surface area (Å²) in [6, 6.07) is 3.35. The highest BCUT2D eigenvalue weighted by atomic mass is 35.5. The Morgan fingerprint density at radius 1 is 1.36 bits per heavy atom. The number of hydrogen-bond acceptors (Lipinski definition) is 5. The largest absolute Gasteiger partial charge is 0.511 e. The number of sulfonamides is 1. The van der Waals surface area contributed by atoms with Crippen LogP contribution in [0.1, 0.15) is 25.8 Å². The van der Waals surface area contributed by atoms with Crippen molar-refractivity contribution in [3.8, 4) is 5.75 Å². The summed E-state index contributed by atoms with van der Waals surface area (Å²) in [7, 11) is -4.49. The molecule has 0 spiro atoms. The molecule has 1 aromatic carbocycles. The van der Waals surface area contributed by atoms with Crippen LogP contribution in [-0.2, 0) is 26.1 Å². The number of methoxy groups -OCH3 is 1. The summed E-state index contributed by atoms with van der Waals surface area (Å²) in [4.78, 5) is 11.4. The van der Waals surface area contributed by atoms with Crippen LogP contribution in [0.25, 0.3) is 0 Å². The molecule has 28 heavy (non-hydrogen) atoms. The van der Waals surface area contributed by atoms with Crippen molar-refractivity contribution in [3.05, 3.63) is 28.8 Å². The minimum atomic E-state index is -5.58. The minimum Gasteiger partial charge on any atom is -0.492 e. The van der Waals surface area contributed by atoms with Gasteiger partial charge in [0.05, 0.1) is 6.04 Å². The van der Waals surface area contributed by atoms with Gasteiger partial charge in [-0.3, -0.25) is 4.79 Å². The zero-order chi connectivity index (χ0) is 21.5. The van der Waals surface area contributed by atoms with Crippen molar-refractivity contribution >= 4 is 27.5 Å². The van der Waals surface area contributed by atoms with Gasteiger partial charge in [-0.25, -0.2) is 8.42 Å². The summed E-state index contributed by atoms with van der Waals surface area (Å²) < 4.78 is 72.0. The average molecular weight is 447 g/mol. The normalized spacial score (nSPS) is 13.4. The molecule has 1 aromatic rings. The van der Waals surface area contributed by atoms with Crippen LogP contribution in [0.15, 0.2) is 18.2 Å². The van der Waals surface area contributed by atoms with Gasteiger partial charge in [0.2, 0.25) is 5.91 Å². The minimum absolute atomic E-state index is 0.149. The van der Waals surface area contributed by atoms with Gasteiger partial charge in [0.15, 0.2) is 0 Å². The SMILES string of the molecule is CCC(=O)NCc1cc(OC[C@H](C)N(COC)S(=O)(=O)C(F)(F)F)ccc1Cl. The Kier molecular flexibility index (Phi) is 8.99. The fourth-order valence-corrected chi connectivity index (χ4v) is 3.32. The molecule has 0 aliphatic rings. The fraction of sp³-hybridized carbons (Fsp3) is 0.562. The Hall–Kier alpha value is -1.56. The van der Waals surface area contributed by atoms with E-state index in [1.807, 2.05) is 0 Å². The van der Waals surface area contributed by atoms with E-state index in [0.717, 1.165) is 7.11 Å². The van der Waals surface area contributed by atoms with Crippen LogP contribution in [0.3, 0.4) is 0 Å². The van der Waals surface area contributed by atoms with E-state index in [1.165, 1.54) is 25.1 Å². The van der Waals surface area contributed by atoms with Gasteiger partial charge in [-0.05, 0) is 30.7 Å². The van der Waals surface area contributed by atoms with Gasteiger partial charge >= 0.3 is 15.5 Å². The highest BCUT2D eigenvalue weighted by Gasteiger charge is 2.51. The second kappa shape index (κ2) is 10.3. The lowest BCUT2D eigenvalue weighted by Gasteiger charge is -2.28. The molecular formula is C16H22ClF3N2O5S. The van der Waals surface area contributed by atoms with Crippen LogP contribution in [0.4, 0.5) is 13.2 Å². The molecule has 0 aliphatic carbocycles. The molecule has 12 heteroatoms. The zero-order valence-electron chi connectivity index (χ0n) is 15.5. The van der Waals surface area contributed by atoms with Gasteiger partial charge in [0.25, 0.3) is 0 Å². The van der Waals surface area contributed by atoms with E-state index in [2.05, 4.69) is 10.1 Å². The second-order valence-electron chi connectivity index (χ2n) is 5.80. The third-order valence-electron chi connectivity index (χ3n) is 3.65. The van der Waals surface area contributed by atoms with E-state index in [9.17, 15) is 26.4 Å². The first-order valence-electron chi connectivity index (χ1n) is 8.19. The summed E-state index contributed by atoms with van der Waals surface area (Å²) in [5, 5.41) is 3.02. The molecule has 0 fully saturated rings. The van der Waals surface area contributed by atoms with Crippen LogP contribution >= 0.6 is 11.6 Å². The topological polar surface area (TPSA) is 84.9 Å². The molecule has 0 unspecified atom stereocenters. The summed E-state index contributed by atoms with van der Waals surface area (Å²) >= 11 is 6.05. The number of nitrogens with one attached hydrogen (secondary N) is 1. The van der Waals surface area contributed by atoms with Crippen molar-refractivity contribution in [3.63, 3.8) is 0 Å². The molecule has 1 atom stereocenters. The molecule has 0 saturated heterocycles. The maximum Gasteiger partial charge on any atom is 0.511 e. The Morgan fingerprint density at radius 3 is 2.54 bits per heavy atom. The Balaban J connectivity index is 2.87. The molecule has 1 N–H and O–H groups in total. The third kappa shape index (κ3) is 6.50. The molecule has 0 heterocycles. The van der Waals surface area contributed by atoms with Crippen LogP contribution in [0, 0.1) is 0 Å². The molecule has 0 aliphatic heterocycles. The number of halogens is 4. The molecule has 7 nitrogen and oxygen atoms in total. The number of ether oxygens (including phenoxy) is 2. The van der Waals surface area contributed by atoms with E-state index < -0.39 is 28.3 Å². The van der Waals surface area contributed by atoms with E-state index >= 15 is 0 Å². The standard InChI is InChI=1S/C16H22ClF3N2O5S/c1-4-15(23)21-8-12-7-13(5-6-14(12)17)27-9-11(2)22(10-26-3)28(24,25)16(18,19)20/h5-7,11H,4,8-10H2,1-3H3,(H,21,23)/t11-/m0/s1. The van der Waals surface area contributed by atoms with Crippen molar-refractivity contribution in [2.45, 2.75) is 38.4 Å². The van der Waals surface area contributed by atoms with Gasteiger partial charge in [0, 0.05) is 25.1 Å².